The number of aromatic nitrogens is 2. The Hall–Kier alpha value is -1.17. The van der Waals surface area contributed by atoms with Crippen molar-refractivity contribution in [2.75, 3.05) is 0 Å². The van der Waals surface area contributed by atoms with Gasteiger partial charge in [0.25, 0.3) is 0 Å². The molecule has 0 N–H and O–H groups in total. The molecule has 0 amide bonds. The van der Waals surface area contributed by atoms with E-state index in [1.54, 1.807) is 6.07 Å². The second-order valence-corrected chi connectivity index (χ2v) is 3.71. The Kier molecular flexibility index (Phi) is 2.38. The third-order valence-electron chi connectivity index (χ3n) is 1.88. The van der Waals surface area contributed by atoms with E-state index in [1.807, 2.05) is 0 Å². The van der Waals surface area contributed by atoms with Crippen LogP contribution in [0.1, 0.15) is 5.69 Å². The SMILES string of the molecule is FC(F)(F)c1ncnc2c(Br)cccc12. The molecule has 1 aromatic heterocycles. The van der Waals surface area contributed by atoms with Gasteiger partial charge in [0.2, 0.25) is 0 Å². The van der Waals surface area contributed by atoms with Crippen LogP contribution in [0.25, 0.3) is 10.9 Å². The van der Waals surface area contributed by atoms with E-state index < -0.39 is 11.9 Å². The van der Waals surface area contributed by atoms with Gasteiger partial charge in [-0.25, -0.2) is 9.97 Å². The number of para-hydroxylation sites is 1. The third-order valence-corrected chi connectivity index (χ3v) is 2.52. The van der Waals surface area contributed by atoms with Crippen molar-refractivity contribution in [1.29, 1.82) is 0 Å². The summed E-state index contributed by atoms with van der Waals surface area (Å²) < 4.78 is 38.2. The molecular weight excluding hydrogens is 273 g/mol. The first-order valence-electron chi connectivity index (χ1n) is 3.96. The minimum atomic E-state index is -4.46. The Morgan fingerprint density at radius 1 is 1.13 bits per heavy atom. The Bertz CT molecular complexity index is 510. The van der Waals surface area contributed by atoms with Gasteiger partial charge in [-0.1, -0.05) is 12.1 Å². The molecule has 2 aromatic rings. The molecule has 0 aliphatic carbocycles. The van der Waals surface area contributed by atoms with Crippen LogP contribution < -0.4 is 0 Å². The normalized spacial score (nSPS) is 12.0. The highest BCUT2D eigenvalue weighted by molar-refractivity contribution is 9.10. The predicted octanol–water partition coefficient (Wildman–Crippen LogP) is 3.41. The monoisotopic (exact) mass is 276 g/mol. The van der Waals surface area contributed by atoms with Gasteiger partial charge in [-0.2, -0.15) is 13.2 Å². The summed E-state index contributed by atoms with van der Waals surface area (Å²) in [4.78, 5) is 7.06. The van der Waals surface area contributed by atoms with Crippen molar-refractivity contribution < 1.29 is 13.2 Å². The van der Waals surface area contributed by atoms with Crippen LogP contribution in [0.4, 0.5) is 13.2 Å². The van der Waals surface area contributed by atoms with Gasteiger partial charge < -0.3 is 0 Å². The van der Waals surface area contributed by atoms with Gasteiger partial charge in [0, 0.05) is 9.86 Å². The quantitative estimate of drug-likeness (QED) is 0.737. The van der Waals surface area contributed by atoms with Crippen molar-refractivity contribution >= 4 is 26.8 Å². The minimum absolute atomic E-state index is 0.000579. The van der Waals surface area contributed by atoms with E-state index in [0.717, 1.165) is 6.33 Å². The Labute approximate surface area is 91.3 Å². The van der Waals surface area contributed by atoms with Gasteiger partial charge in [0.1, 0.15) is 6.33 Å². The molecule has 0 saturated heterocycles. The van der Waals surface area contributed by atoms with Crippen LogP contribution in [-0.2, 0) is 6.18 Å². The Morgan fingerprint density at radius 2 is 1.87 bits per heavy atom. The van der Waals surface area contributed by atoms with Crippen molar-refractivity contribution in [1.82, 2.24) is 9.97 Å². The van der Waals surface area contributed by atoms with Crippen LogP contribution >= 0.6 is 15.9 Å². The van der Waals surface area contributed by atoms with E-state index in [9.17, 15) is 13.2 Å². The Morgan fingerprint density at radius 3 is 2.53 bits per heavy atom. The summed E-state index contributed by atoms with van der Waals surface area (Å²) in [7, 11) is 0. The molecule has 0 fully saturated rings. The van der Waals surface area contributed by atoms with Crippen molar-refractivity contribution in [2.45, 2.75) is 6.18 Å². The Balaban J connectivity index is 2.83. The maximum absolute atomic E-state index is 12.5. The lowest BCUT2D eigenvalue weighted by Crippen LogP contribution is -2.09. The topological polar surface area (TPSA) is 25.8 Å². The number of fused-ring (bicyclic) bond motifs is 1. The van der Waals surface area contributed by atoms with Gasteiger partial charge in [0.05, 0.1) is 5.52 Å². The molecule has 0 bridgehead atoms. The highest BCUT2D eigenvalue weighted by atomic mass is 79.9. The molecule has 0 radical (unpaired) electrons. The van der Waals surface area contributed by atoms with Crippen LogP contribution in [0.15, 0.2) is 29.0 Å². The molecule has 2 nitrogen and oxygen atoms in total. The first kappa shape index (κ1) is 10.4. The minimum Gasteiger partial charge on any atom is -0.235 e. The molecule has 78 valence electrons. The van der Waals surface area contributed by atoms with Crippen molar-refractivity contribution in [3.8, 4) is 0 Å². The lowest BCUT2D eigenvalue weighted by atomic mass is 10.2. The van der Waals surface area contributed by atoms with E-state index in [2.05, 4.69) is 25.9 Å². The predicted molar refractivity (Wildman–Crippen MR) is 52.2 cm³/mol. The summed E-state index contributed by atoms with van der Waals surface area (Å²) in [6.07, 6.45) is -3.54. The van der Waals surface area contributed by atoms with E-state index in [4.69, 9.17) is 0 Å². The smallest absolute Gasteiger partial charge is 0.235 e. The van der Waals surface area contributed by atoms with Crippen molar-refractivity contribution in [3.63, 3.8) is 0 Å². The molecule has 0 spiro atoms. The molecule has 0 aliphatic heterocycles. The zero-order chi connectivity index (χ0) is 11.1. The summed E-state index contributed by atoms with van der Waals surface area (Å²) in [6, 6.07) is 4.50. The van der Waals surface area contributed by atoms with Crippen molar-refractivity contribution in [2.24, 2.45) is 0 Å². The van der Waals surface area contributed by atoms with Crippen LogP contribution in [0.5, 0.6) is 0 Å². The summed E-state index contributed by atoms with van der Waals surface area (Å²) in [5.74, 6) is 0. The highest BCUT2D eigenvalue weighted by Crippen LogP contribution is 2.33. The van der Waals surface area contributed by atoms with E-state index >= 15 is 0 Å². The van der Waals surface area contributed by atoms with Crippen LogP contribution in [0.3, 0.4) is 0 Å². The fourth-order valence-corrected chi connectivity index (χ4v) is 1.75. The number of hydrogen-bond acceptors (Lipinski definition) is 2. The lowest BCUT2D eigenvalue weighted by Gasteiger charge is -2.08. The first-order valence-corrected chi connectivity index (χ1v) is 4.76. The largest absolute Gasteiger partial charge is 0.434 e. The second-order valence-electron chi connectivity index (χ2n) is 2.86. The zero-order valence-corrected chi connectivity index (χ0v) is 8.80. The molecular formula is C9H4BrF3N2. The van der Waals surface area contributed by atoms with E-state index in [0.29, 0.717) is 4.47 Å². The van der Waals surface area contributed by atoms with Gasteiger partial charge in [0.15, 0.2) is 5.69 Å². The first-order chi connectivity index (χ1) is 7.00. The molecule has 1 aromatic carbocycles. The third kappa shape index (κ3) is 1.81. The maximum atomic E-state index is 12.5. The molecule has 0 aliphatic rings. The number of rotatable bonds is 0. The van der Waals surface area contributed by atoms with Crippen molar-refractivity contribution in [3.05, 3.63) is 34.7 Å². The molecule has 2 rings (SSSR count). The van der Waals surface area contributed by atoms with Crippen LogP contribution in [0.2, 0.25) is 0 Å². The average Bonchev–Trinajstić information content (AvgIpc) is 2.16. The summed E-state index contributed by atoms with van der Waals surface area (Å²) in [6.45, 7) is 0. The second kappa shape index (κ2) is 3.44. The molecule has 0 atom stereocenters. The standard InChI is InChI=1S/C9H4BrF3N2/c10-6-3-1-2-5-7(6)14-4-15-8(5)9(11,12)13/h1-4H. The average molecular weight is 277 g/mol. The molecule has 1 heterocycles. The highest BCUT2D eigenvalue weighted by Gasteiger charge is 2.34. The number of benzene rings is 1. The fraction of sp³-hybridized carbons (Fsp3) is 0.111. The fourth-order valence-electron chi connectivity index (χ4n) is 1.28. The maximum Gasteiger partial charge on any atom is 0.434 e. The molecule has 0 unspecified atom stereocenters. The van der Waals surface area contributed by atoms with Crippen LogP contribution in [0, 0.1) is 0 Å². The number of halogens is 4. The van der Waals surface area contributed by atoms with Gasteiger partial charge >= 0.3 is 6.18 Å². The molecule has 0 saturated carbocycles. The van der Waals surface area contributed by atoms with E-state index in [1.165, 1.54) is 12.1 Å². The zero-order valence-electron chi connectivity index (χ0n) is 7.22. The number of nitrogens with zero attached hydrogens (tertiary/aromatic N) is 2. The van der Waals surface area contributed by atoms with Gasteiger partial charge in [-0.05, 0) is 22.0 Å². The van der Waals surface area contributed by atoms with Crippen LogP contribution in [-0.4, -0.2) is 9.97 Å². The van der Waals surface area contributed by atoms with Gasteiger partial charge in [-0.15, -0.1) is 0 Å². The summed E-state index contributed by atoms with van der Waals surface area (Å²) >= 11 is 3.14. The lowest BCUT2D eigenvalue weighted by molar-refractivity contribution is -0.139. The molecule has 6 heteroatoms. The molecule has 15 heavy (non-hydrogen) atoms. The summed E-state index contributed by atoms with van der Waals surface area (Å²) in [5, 5.41) is -0.000579. The number of hydrogen-bond donors (Lipinski definition) is 0. The van der Waals surface area contributed by atoms with E-state index in [-0.39, 0.29) is 10.9 Å². The number of alkyl halides is 3. The summed E-state index contributed by atoms with van der Waals surface area (Å²) in [5.41, 5.74) is -0.645. The van der Waals surface area contributed by atoms with Gasteiger partial charge in [-0.3, -0.25) is 0 Å².